The maximum Gasteiger partial charge on any atom is 0.408 e. The zero-order valence-electron chi connectivity index (χ0n) is 14.1. The molecule has 2 amide bonds. The van der Waals surface area contributed by atoms with Crippen LogP contribution in [0.5, 0.6) is 0 Å². The first-order valence-electron chi connectivity index (χ1n) is 8.76. The Balaban J connectivity index is 2.09. The Morgan fingerprint density at radius 3 is 2.43 bits per heavy atom. The van der Waals surface area contributed by atoms with E-state index in [1.807, 2.05) is 0 Å². The quantitative estimate of drug-likeness (QED) is 0.787. The number of carbonyl (C=O) groups excluding carboxylic acids is 3. The zero-order valence-corrected chi connectivity index (χ0v) is 14.1. The number of alkyl carbamates (subject to hydrolysis) is 1. The Hall–Kier alpha value is -1.59. The second-order valence-electron chi connectivity index (χ2n) is 6.85. The molecule has 1 saturated heterocycles. The van der Waals surface area contributed by atoms with Crippen LogP contribution in [-0.4, -0.2) is 47.9 Å². The molecule has 1 N–H and O–H groups in total. The summed E-state index contributed by atoms with van der Waals surface area (Å²) < 4.78 is 5.15. The summed E-state index contributed by atoms with van der Waals surface area (Å²) in [6.45, 7) is 4.15. The maximum atomic E-state index is 12.9. The molecule has 2 fully saturated rings. The van der Waals surface area contributed by atoms with E-state index < -0.39 is 12.1 Å². The highest BCUT2D eigenvalue weighted by atomic mass is 16.6. The lowest BCUT2D eigenvalue weighted by atomic mass is 9.83. The van der Waals surface area contributed by atoms with E-state index in [4.69, 9.17) is 4.74 Å². The van der Waals surface area contributed by atoms with Gasteiger partial charge in [0.05, 0.1) is 12.1 Å². The molecule has 6 heteroatoms. The third kappa shape index (κ3) is 4.69. The number of carbonyl (C=O) groups is 3. The first-order chi connectivity index (χ1) is 11.0. The Kier molecular flexibility index (Phi) is 6.42. The minimum atomic E-state index is -0.581. The van der Waals surface area contributed by atoms with Gasteiger partial charge in [0.15, 0.2) is 0 Å². The lowest BCUT2D eigenvalue weighted by molar-refractivity contribution is -0.138. The van der Waals surface area contributed by atoms with Crippen molar-refractivity contribution in [2.45, 2.75) is 77.0 Å². The average molecular weight is 324 g/mol. The average Bonchev–Trinajstić information content (AvgIpc) is 3.00. The Bertz CT molecular complexity index is 432. The van der Waals surface area contributed by atoms with Gasteiger partial charge in [0, 0.05) is 6.54 Å². The van der Waals surface area contributed by atoms with E-state index in [1.165, 1.54) is 6.42 Å². The summed E-state index contributed by atoms with van der Waals surface area (Å²) in [6.07, 6.45) is 6.79. The highest BCUT2D eigenvalue weighted by molar-refractivity contribution is 5.88. The second-order valence-corrected chi connectivity index (χ2v) is 6.85. The van der Waals surface area contributed by atoms with Crippen LogP contribution in [0.1, 0.15) is 58.8 Å². The lowest BCUT2D eigenvalue weighted by Crippen LogP contribution is -2.54. The van der Waals surface area contributed by atoms with Gasteiger partial charge in [0.2, 0.25) is 5.91 Å². The molecule has 0 radical (unpaired) electrons. The van der Waals surface area contributed by atoms with Crippen molar-refractivity contribution in [2.24, 2.45) is 5.92 Å². The third-order valence-electron chi connectivity index (χ3n) is 4.74. The molecule has 0 aromatic heterocycles. The molecule has 6 nitrogen and oxygen atoms in total. The molecule has 2 unspecified atom stereocenters. The molecular weight excluding hydrogens is 296 g/mol. The standard InChI is InChI=1S/C17H28N2O4/c1-12(2)23-17(22)18-15(13-7-4-3-5-8-13)16(21)19-10-6-9-14(19)11-20/h11-15H,3-10H2,1-2H3,(H,18,22). The van der Waals surface area contributed by atoms with Crippen molar-refractivity contribution in [2.75, 3.05) is 6.54 Å². The van der Waals surface area contributed by atoms with Crippen LogP contribution in [0, 0.1) is 5.92 Å². The van der Waals surface area contributed by atoms with E-state index >= 15 is 0 Å². The van der Waals surface area contributed by atoms with Gasteiger partial charge < -0.3 is 19.7 Å². The van der Waals surface area contributed by atoms with Crippen molar-refractivity contribution in [3.8, 4) is 0 Å². The van der Waals surface area contributed by atoms with Crippen LogP contribution in [0.2, 0.25) is 0 Å². The first-order valence-corrected chi connectivity index (χ1v) is 8.76. The molecule has 0 aromatic carbocycles. The topological polar surface area (TPSA) is 75.7 Å². The molecule has 130 valence electrons. The molecule has 0 bridgehead atoms. The number of ether oxygens (including phenoxy) is 1. The van der Waals surface area contributed by atoms with Crippen LogP contribution in [-0.2, 0) is 14.3 Å². The number of rotatable bonds is 5. The number of hydrogen-bond donors (Lipinski definition) is 1. The maximum absolute atomic E-state index is 12.9. The van der Waals surface area contributed by atoms with Crippen LogP contribution in [0.25, 0.3) is 0 Å². The van der Waals surface area contributed by atoms with Crippen LogP contribution in [0.15, 0.2) is 0 Å². The van der Waals surface area contributed by atoms with Crippen molar-refractivity contribution in [1.82, 2.24) is 10.2 Å². The summed E-state index contributed by atoms with van der Waals surface area (Å²) in [5.41, 5.74) is 0. The van der Waals surface area contributed by atoms with E-state index in [9.17, 15) is 14.4 Å². The van der Waals surface area contributed by atoms with E-state index in [1.54, 1.807) is 18.7 Å². The summed E-state index contributed by atoms with van der Waals surface area (Å²) in [7, 11) is 0. The normalized spacial score (nSPS) is 23.6. The number of nitrogens with one attached hydrogen (secondary N) is 1. The van der Waals surface area contributed by atoms with Gasteiger partial charge in [-0.2, -0.15) is 0 Å². The summed E-state index contributed by atoms with van der Waals surface area (Å²) >= 11 is 0. The van der Waals surface area contributed by atoms with E-state index in [0.29, 0.717) is 13.0 Å². The molecule has 0 aromatic rings. The molecule has 1 saturated carbocycles. The molecule has 1 aliphatic heterocycles. The molecular formula is C17H28N2O4. The minimum absolute atomic E-state index is 0.129. The Morgan fingerprint density at radius 2 is 1.83 bits per heavy atom. The molecule has 0 spiro atoms. The highest BCUT2D eigenvalue weighted by Gasteiger charge is 2.38. The summed E-state index contributed by atoms with van der Waals surface area (Å²) in [5, 5.41) is 2.77. The summed E-state index contributed by atoms with van der Waals surface area (Å²) in [6, 6.07) is -0.932. The van der Waals surface area contributed by atoms with Crippen molar-refractivity contribution < 1.29 is 19.1 Å². The van der Waals surface area contributed by atoms with Crippen molar-refractivity contribution >= 4 is 18.3 Å². The van der Waals surface area contributed by atoms with Gasteiger partial charge in [-0.15, -0.1) is 0 Å². The summed E-state index contributed by atoms with van der Waals surface area (Å²) in [4.78, 5) is 37.7. The number of aldehydes is 1. The monoisotopic (exact) mass is 324 g/mol. The van der Waals surface area contributed by atoms with Crippen LogP contribution in [0.3, 0.4) is 0 Å². The number of amides is 2. The van der Waals surface area contributed by atoms with E-state index in [0.717, 1.165) is 38.4 Å². The molecule has 1 aliphatic carbocycles. The van der Waals surface area contributed by atoms with Crippen LogP contribution >= 0.6 is 0 Å². The van der Waals surface area contributed by atoms with Gasteiger partial charge in [-0.3, -0.25) is 4.79 Å². The molecule has 23 heavy (non-hydrogen) atoms. The largest absolute Gasteiger partial charge is 0.447 e. The van der Waals surface area contributed by atoms with Gasteiger partial charge in [-0.05, 0) is 45.4 Å². The fraction of sp³-hybridized carbons (Fsp3) is 0.824. The van der Waals surface area contributed by atoms with Crippen molar-refractivity contribution in [3.63, 3.8) is 0 Å². The fourth-order valence-corrected chi connectivity index (χ4v) is 3.61. The van der Waals surface area contributed by atoms with E-state index in [2.05, 4.69) is 5.32 Å². The lowest BCUT2D eigenvalue weighted by Gasteiger charge is -2.33. The minimum Gasteiger partial charge on any atom is -0.447 e. The van der Waals surface area contributed by atoms with Crippen molar-refractivity contribution in [1.29, 1.82) is 0 Å². The number of hydrogen-bond acceptors (Lipinski definition) is 4. The Labute approximate surface area is 137 Å². The van der Waals surface area contributed by atoms with Gasteiger partial charge in [-0.1, -0.05) is 19.3 Å². The Morgan fingerprint density at radius 1 is 1.13 bits per heavy atom. The smallest absolute Gasteiger partial charge is 0.408 e. The SMILES string of the molecule is CC(C)OC(=O)NC(C(=O)N1CCCC1C=O)C1CCCCC1. The molecule has 2 rings (SSSR count). The zero-order chi connectivity index (χ0) is 16.8. The van der Waals surface area contributed by atoms with E-state index in [-0.39, 0.29) is 24.0 Å². The molecule has 1 heterocycles. The molecule has 2 aliphatic rings. The van der Waals surface area contributed by atoms with Gasteiger partial charge in [0.25, 0.3) is 0 Å². The van der Waals surface area contributed by atoms with Gasteiger partial charge in [-0.25, -0.2) is 4.79 Å². The van der Waals surface area contributed by atoms with Gasteiger partial charge >= 0.3 is 6.09 Å². The van der Waals surface area contributed by atoms with Crippen LogP contribution < -0.4 is 5.32 Å². The third-order valence-corrected chi connectivity index (χ3v) is 4.74. The second kappa shape index (κ2) is 8.31. The van der Waals surface area contributed by atoms with Crippen molar-refractivity contribution in [3.05, 3.63) is 0 Å². The number of likely N-dealkylation sites (tertiary alicyclic amines) is 1. The fourth-order valence-electron chi connectivity index (χ4n) is 3.61. The highest BCUT2D eigenvalue weighted by Crippen LogP contribution is 2.29. The number of nitrogens with zero attached hydrogens (tertiary/aromatic N) is 1. The van der Waals surface area contributed by atoms with Gasteiger partial charge in [0.1, 0.15) is 12.3 Å². The predicted octanol–water partition coefficient (Wildman–Crippen LogP) is 2.26. The summed E-state index contributed by atoms with van der Waals surface area (Å²) in [5.74, 6) is -0.00364. The molecule has 2 atom stereocenters. The van der Waals surface area contributed by atoms with Crippen LogP contribution in [0.4, 0.5) is 4.79 Å². The predicted molar refractivity (Wildman–Crippen MR) is 85.9 cm³/mol. The first kappa shape index (κ1) is 17.8.